The summed E-state index contributed by atoms with van der Waals surface area (Å²) in [6.45, 7) is 9.62. The maximum absolute atomic E-state index is 12.0. The Morgan fingerprint density at radius 1 is 0.974 bits per heavy atom. The van der Waals surface area contributed by atoms with Gasteiger partial charge in [0, 0.05) is 42.0 Å². The first-order valence-corrected chi connectivity index (χ1v) is 13.7. The van der Waals surface area contributed by atoms with Gasteiger partial charge in [-0.2, -0.15) is 0 Å². The van der Waals surface area contributed by atoms with Crippen LogP contribution in [0.4, 0.5) is 0 Å². The van der Waals surface area contributed by atoms with Crippen LogP contribution < -0.4 is 0 Å². The molecule has 2 heterocycles. The van der Waals surface area contributed by atoms with Crippen LogP contribution in [0.2, 0.25) is 0 Å². The van der Waals surface area contributed by atoms with E-state index >= 15 is 0 Å². The Hall–Kier alpha value is -3.66. The molecule has 0 saturated carbocycles. The molecule has 194 valence electrons. The lowest BCUT2D eigenvalue weighted by molar-refractivity contribution is 0.0600. The van der Waals surface area contributed by atoms with Crippen molar-refractivity contribution in [1.82, 2.24) is 9.55 Å². The topological polar surface area (TPSA) is 44.1 Å². The standard InChI is InChI=1S/C34H36N2O2/c1-33(2)14-15-34(3,4)29-19-27-24(18-28(29)33)10-13-30-31(27)25(17-22-7-6-16-35-20-22)21-36(30)26-11-8-23(9-12-26)32(37)38-5/h6-9,11-12,16,18-21H,10,13-15,17H2,1-5H3. The van der Waals surface area contributed by atoms with Crippen LogP contribution in [0.25, 0.3) is 16.8 Å². The van der Waals surface area contributed by atoms with E-state index in [4.69, 9.17) is 4.74 Å². The van der Waals surface area contributed by atoms with Crippen LogP contribution in [0.3, 0.4) is 0 Å². The zero-order valence-corrected chi connectivity index (χ0v) is 23.1. The van der Waals surface area contributed by atoms with Crippen LogP contribution >= 0.6 is 0 Å². The number of hydrogen-bond donors (Lipinski definition) is 0. The predicted molar refractivity (Wildman–Crippen MR) is 152 cm³/mol. The van der Waals surface area contributed by atoms with Crippen molar-refractivity contribution in [2.24, 2.45) is 0 Å². The third-order valence-corrected chi connectivity index (χ3v) is 8.85. The molecule has 0 bridgehead atoms. The fourth-order valence-corrected chi connectivity index (χ4v) is 6.49. The highest BCUT2D eigenvalue weighted by molar-refractivity contribution is 5.89. The molecule has 0 unspecified atom stereocenters. The van der Waals surface area contributed by atoms with E-state index in [0.717, 1.165) is 24.9 Å². The highest BCUT2D eigenvalue weighted by Crippen LogP contribution is 2.50. The summed E-state index contributed by atoms with van der Waals surface area (Å²) in [6, 6.07) is 17.0. The van der Waals surface area contributed by atoms with Crippen molar-refractivity contribution in [3.05, 3.63) is 106 Å². The lowest BCUT2D eigenvalue weighted by Gasteiger charge is -2.43. The summed E-state index contributed by atoms with van der Waals surface area (Å²) >= 11 is 0. The summed E-state index contributed by atoms with van der Waals surface area (Å²) in [4.78, 5) is 16.4. The van der Waals surface area contributed by atoms with Gasteiger partial charge in [0.1, 0.15) is 0 Å². The molecule has 0 amide bonds. The normalized spacial score (nSPS) is 16.8. The molecule has 2 aliphatic carbocycles. The average molecular weight is 505 g/mol. The van der Waals surface area contributed by atoms with Crippen molar-refractivity contribution in [1.29, 1.82) is 0 Å². The van der Waals surface area contributed by atoms with Gasteiger partial charge >= 0.3 is 5.97 Å². The number of nitrogens with zero attached hydrogens (tertiary/aromatic N) is 2. The molecule has 6 rings (SSSR count). The molecule has 0 radical (unpaired) electrons. The SMILES string of the molecule is COC(=O)c1ccc(-n2cc(Cc3cccnc3)c3c2CCc2cc4c(cc2-3)C(C)(C)CCC4(C)C)cc1. The summed E-state index contributed by atoms with van der Waals surface area (Å²) in [6.07, 6.45) is 11.4. The van der Waals surface area contributed by atoms with E-state index in [1.165, 1.54) is 64.6 Å². The summed E-state index contributed by atoms with van der Waals surface area (Å²) < 4.78 is 7.24. The number of carbonyl (C=O) groups excluding carboxylic acids is 1. The van der Waals surface area contributed by atoms with Crippen LogP contribution in [-0.2, 0) is 34.8 Å². The van der Waals surface area contributed by atoms with Gasteiger partial charge < -0.3 is 9.30 Å². The molecule has 0 fully saturated rings. The lowest BCUT2D eigenvalue weighted by atomic mass is 9.62. The number of esters is 1. The van der Waals surface area contributed by atoms with Crippen LogP contribution in [0.1, 0.15) is 84.4 Å². The van der Waals surface area contributed by atoms with Crippen molar-refractivity contribution in [3.63, 3.8) is 0 Å². The highest BCUT2D eigenvalue weighted by atomic mass is 16.5. The minimum Gasteiger partial charge on any atom is -0.465 e. The number of benzene rings is 2. The van der Waals surface area contributed by atoms with Gasteiger partial charge in [0.2, 0.25) is 0 Å². The molecule has 2 aromatic carbocycles. The molecule has 4 aromatic rings. The fourth-order valence-electron chi connectivity index (χ4n) is 6.49. The van der Waals surface area contributed by atoms with Gasteiger partial charge in [-0.3, -0.25) is 4.98 Å². The number of aromatic nitrogens is 2. The molecule has 4 nitrogen and oxygen atoms in total. The molecule has 0 aliphatic heterocycles. The van der Waals surface area contributed by atoms with Crippen molar-refractivity contribution < 1.29 is 9.53 Å². The van der Waals surface area contributed by atoms with Gasteiger partial charge in [-0.05, 0) is 106 Å². The van der Waals surface area contributed by atoms with E-state index in [1.807, 2.05) is 42.7 Å². The Morgan fingerprint density at radius 2 is 1.68 bits per heavy atom. The van der Waals surface area contributed by atoms with E-state index in [0.29, 0.717) is 5.56 Å². The first-order valence-electron chi connectivity index (χ1n) is 13.7. The minimum atomic E-state index is -0.312. The summed E-state index contributed by atoms with van der Waals surface area (Å²) in [7, 11) is 1.42. The second kappa shape index (κ2) is 8.97. The van der Waals surface area contributed by atoms with E-state index in [9.17, 15) is 4.79 Å². The van der Waals surface area contributed by atoms with Crippen molar-refractivity contribution >= 4 is 5.97 Å². The molecule has 2 aliphatic rings. The van der Waals surface area contributed by atoms with Gasteiger partial charge in [-0.1, -0.05) is 39.8 Å². The predicted octanol–water partition coefficient (Wildman–Crippen LogP) is 7.36. The third kappa shape index (κ3) is 4.07. The van der Waals surface area contributed by atoms with Gasteiger partial charge in [0.05, 0.1) is 12.7 Å². The second-order valence-electron chi connectivity index (χ2n) is 12.2. The zero-order chi connectivity index (χ0) is 26.7. The zero-order valence-electron chi connectivity index (χ0n) is 23.1. The largest absolute Gasteiger partial charge is 0.465 e. The quantitative estimate of drug-likeness (QED) is 0.273. The molecular formula is C34H36N2O2. The van der Waals surface area contributed by atoms with Gasteiger partial charge in [-0.25, -0.2) is 4.79 Å². The second-order valence-corrected chi connectivity index (χ2v) is 12.2. The number of carbonyl (C=O) groups is 1. The Kier molecular flexibility index (Phi) is 5.82. The van der Waals surface area contributed by atoms with E-state index in [1.54, 1.807) is 0 Å². The molecule has 4 heteroatoms. The van der Waals surface area contributed by atoms with Crippen molar-refractivity contribution in [2.75, 3.05) is 7.11 Å². The van der Waals surface area contributed by atoms with Crippen molar-refractivity contribution in [3.8, 4) is 16.8 Å². The van der Waals surface area contributed by atoms with Crippen LogP contribution in [0.15, 0.2) is 67.1 Å². The number of ether oxygens (including phenoxy) is 1. The Balaban J connectivity index is 1.54. The van der Waals surface area contributed by atoms with Crippen LogP contribution in [0.5, 0.6) is 0 Å². The minimum absolute atomic E-state index is 0.160. The smallest absolute Gasteiger partial charge is 0.337 e. The maximum atomic E-state index is 12.0. The van der Waals surface area contributed by atoms with E-state index < -0.39 is 0 Å². The summed E-state index contributed by atoms with van der Waals surface area (Å²) in [5.74, 6) is -0.312. The Bertz CT molecular complexity index is 1530. The molecule has 0 atom stereocenters. The number of fused-ring (bicyclic) bond motifs is 4. The number of aryl methyl sites for hydroxylation is 1. The molecule has 0 spiro atoms. The lowest BCUT2D eigenvalue weighted by Crippen LogP contribution is -2.34. The van der Waals surface area contributed by atoms with Gasteiger partial charge in [0.15, 0.2) is 0 Å². The van der Waals surface area contributed by atoms with E-state index in [-0.39, 0.29) is 16.8 Å². The molecule has 38 heavy (non-hydrogen) atoms. The van der Waals surface area contributed by atoms with Gasteiger partial charge in [0.25, 0.3) is 0 Å². The molecule has 0 N–H and O–H groups in total. The monoisotopic (exact) mass is 504 g/mol. The third-order valence-electron chi connectivity index (χ3n) is 8.85. The Labute approximate surface area is 225 Å². The summed E-state index contributed by atoms with van der Waals surface area (Å²) in [5.41, 5.74) is 13.1. The first kappa shape index (κ1) is 24.7. The number of pyridine rings is 1. The first-order chi connectivity index (χ1) is 18.2. The van der Waals surface area contributed by atoms with Crippen LogP contribution in [-0.4, -0.2) is 22.6 Å². The molecule has 0 saturated heterocycles. The number of methoxy groups -OCH3 is 1. The van der Waals surface area contributed by atoms with Crippen molar-refractivity contribution in [2.45, 2.75) is 70.6 Å². The van der Waals surface area contributed by atoms with E-state index in [2.05, 4.69) is 61.6 Å². The molecular weight excluding hydrogens is 468 g/mol. The highest BCUT2D eigenvalue weighted by Gasteiger charge is 2.38. The molecule has 2 aromatic heterocycles. The fraction of sp³-hybridized carbons (Fsp3) is 0.353. The van der Waals surface area contributed by atoms with Gasteiger partial charge in [-0.15, -0.1) is 0 Å². The summed E-state index contributed by atoms with van der Waals surface area (Å²) in [5, 5.41) is 0. The number of rotatable bonds is 4. The average Bonchev–Trinajstić information content (AvgIpc) is 3.29. The number of hydrogen-bond acceptors (Lipinski definition) is 3. The Morgan fingerprint density at radius 3 is 2.34 bits per heavy atom. The van der Waals surface area contributed by atoms with Crippen LogP contribution in [0, 0.1) is 0 Å². The maximum Gasteiger partial charge on any atom is 0.337 e.